The van der Waals surface area contributed by atoms with Gasteiger partial charge in [0, 0.05) is 24.9 Å². The van der Waals surface area contributed by atoms with Gasteiger partial charge < -0.3 is 61.7 Å². The van der Waals surface area contributed by atoms with Crippen molar-refractivity contribution in [3.63, 3.8) is 0 Å². The summed E-state index contributed by atoms with van der Waals surface area (Å²) in [6, 6.07) is -0.900. The maximum absolute atomic E-state index is 12.7. The first-order chi connectivity index (χ1) is 16.5. The fourth-order valence-corrected chi connectivity index (χ4v) is 3.28. The van der Waals surface area contributed by atoms with Gasteiger partial charge in [-0.2, -0.15) is 0 Å². The Morgan fingerprint density at radius 2 is 1.08 bits per heavy atom. The number of nitrogens with one attached hydrogen (secondary N) is 2. The highest BCUT2D eigenvalue weighted by atomic mass is 16.4. The molecule has 0 saturated heterocycles. The lowest BCUT2D eigenvalue weighted by Gasteiger charge is -2.29. The minimum atomic E-state index is -1.85. The minimum Gasteiger partial charge on any atom is -0.394 e. The second kappa shape index (κ2) is 16.5. The Balaban J connectivity index is 4.88. The van der Waals surface area contributed by atoms with Crippen molar-refractivity contribution in [1.29, 1.82) is 0 Å². The molecule has 0 aromatic heterocycles. The zero-order chi connectivity index (χ0) is 28.2. The molecule has 12 N–H and O–H groups in total. The van der Waals surface area contributed by atoms with Gasteiger partial charge in [-0.1, -0.05) is 0 Å². The van der Waals surface area contributed by atoms with Gasteiger partial charge in [0.15, 0.2) is 0 Å². The SMILES string of the molecule is CC(C)(C)NC(CCC(=O)CC[C@H](O)[C@@H](O)[C@H](O)[C@H](O)CO)C(=O)NC[C@H](O)[C@@H](O)[C@H](O)[C@H](O)CO. The molecule has 36 heavy (non-hydrogen) atoms. The molecule has 0 aromatic rings. The van der Waals surface area contributed by atoms with E-state index in [9.17, 15) is 50.4 Å². The monoisotopic (exact) mass is 528 g/mol. The predicted molar refractivity (Wildman–Crippen MR) is 125 cm³/mol. The van der Waals surface area contributed by atoms with Crippen molar-refractivity contribution in [2.45, 2.75) is 107 Å². The van der Waals surface area contributed by atoms with Gasteiger partial charge in [0.1, 0.15) is 42.4 Å². The lowest BCUT2D eigenvalue weighted by Crippen LogP contribution is -2.54. The Labute approximate surface area is 210 Å². The smallest absolute Gasteiger partial charge is 0.237 e. The molecule has 0 spiro atoms. The molecule has 0 rings (SSSR count). The first kappa shape index (κ1) is 34.7. The summed E-state index contributed by atoms with van der Waals surface area (Å²) in [5, 5.41) is 101. The van der Waals surface area contributed by atoms with Gasteiger partial charge in [-0.15, -0.1) is 0 Å². The van der Waals surface area contributed by atoms with Crippen molar-refractivity contribution < 1.29 is 60.7 Å². The van der Waals surface area contributed by atoms with Crippen molar-refractivity contribution >= 4 is 11.7 Å². The average Bonchev–Trinajstić information content (AvgIpc) is 2.84. The van der Waals surface area contributed by atoms with Crippen LogP contribution in [0, 0.1) is 0 Å². The zero-order valence-corrected chi connectivity index (χ0v) is 20.9. The van der Waals surface area contributed by atoms with Crippen molar-refractivity contribution in [3.05, 3.63) is 0 Å². The normalized spacial score (nSPS) is 19.9. The number of hydrogen-bond donors (Lipinski definition) is 12. The van der Waals surface area contributed by atoms with E-state index in [0.717, 1.165) is 0 Å². The van der Waals surface area contributed by atoms with Crippen LogP contribution < -0.4 is 10.6 Å². The molecule has 0 aliphatic heterocycles. The van der Waals surface area contributed by atoms with Crippen molar-refractivity contribution in [2.24, 2.45) is 0 Å². The third-order valence-electron chi connectivity index (χ3n) is 5.49. The van der Waals surface area contributed by atoms with Crippen LogP contribution in [0.5, 0.6) is 0 Å². The van der Waals surface area contributed by atoms with E-state index < -0.39 is 86.1 Å². The summed E-state index contributed by atoms with van der Waals surface area (Å²) in [5.74, 6) is -0.971. The summed E-state index contributed by atoms with van der Waals surface area (Å²) in [5.41, 5.74) is -0.547. The Morgan fingerprint density at radius 1 is 0.667 bits per heavy atom. The lowest BCUT2D eigenvalue weighted by atomic mass is 9.97. The van der Waals surface area contributed by atoms with Gasteiger partial charge in [-0.25, -0.2) is 0 Å². The van der Waals surface area contributed by atoms with Crippen LogP contribution in [0.15, 0.2) is 0 Å². The van der Waals surface area contributed by atoms with Gasteiger partial charge in [0.05, 0.1) is 31.5 Å². The summed E-state index contributed by atoms with van der Waals surface area (Å²) in [7, 11) is 0. The molecule has 9 atom stereocenters. The maximum Gasteiger partial charge on any atom is 0.237 e. The minimum absolute atomic E-state index is 0.0247. The molecule has 1 unspecified atom stereocenters. The summed E-state index contributed by atoms with van der Waals surface area (Å²) >= 11 is 0. The van der Waals surface area contributed by atoms with Crippen molar-refractivity contribution in [2.75, 3.05) is 19.8 Å². The fraction of sp³-hybridized carbons (Fsp3) is 0.909. The van der Waals surface area contributed by atoms with Gasteiger partial charge in [-0.05, 0) is 33.6 Å². The van der Waals surface area contributed by atoms with Gasteiger partial charge >= 0.3 is 0 Å². The number of rotatable bonds is 18. The standard InChI is InChI=1S/C22H44N2O12/c1-22(2,3)24-12(21(36)23-8-14(29)18(33)20(35)16(31)10-26)6-4-11(27)5-7-13(28)17(32)19(34)15(30)9-25/h12-20,24-26,28-35H,4-10H2,1-3H3,(H,23,36)/t12?,13-,14-,15+,16+,17+,18+,19+,20+/m0/s1. The molecule has 0 saturated carbocycles. The van der Waals surface area contributed by atoms with Crippen LogP contribution >= 0.6 is 0 Å². The quantitative estimate of drug-likeness (QED) is 0.0795. The van der Waals surface area contributed by atoms with Crippen LogP contribution in [-0.4, -0.2) is 143 Å². The third kappa shape index (κ3) is 12.8. The van der Waals surface area contributed by atoms with Crippen LogP contribution in [0.1, 0.15) is 46.5 Å². The van der Waals surface area contributed by atoms with Crippen molar-refractivity contribution in [3.8, 4) is 0 Å². The van der Waals surface area contributed by atoms with E-state index in [0.29, 0.717) is 0 Å². The number of aliphatic hydroxyl groups excluding tert-OH is 10. The average molecular weight is 529 g/mol. The van der Waals surface area contributed by atoms with Gasteiger partial charge in [-0.3, -0.25) is 9.59 Å². The van der Waals surface area contributed by atoms with E-state index in [1.165, 1.54) is 0 Å². The number of amides is 1. The zero-order valence-electron chi connectivity index (χ0n) is 20.9. The van der Waals surface area contributed by atoms with Crippen LogP contribution in [0.3, 0.4) is 0 Å². The number of hydrogen-bond acceptors (Lipinski definition) is 13. The largest absolute Gasteiger partial charge is 0.394 e. The van der Waals surface area contributed by atoms with E-state index >= 15 is 0 Å². The van der Waals surface area contributed by atoms with E-state index in [1.54, 1.807) is 20.8 Å². The maximum atomic E-state index is 12.7. The van der Waals surface area contributed by atoms with E-state index in [-0.39, 0.29) is 31.5 Å². The third-order valence-corrected chi connectivity index (χ3v) is 5.49. The molecule has 0 fully saturated rings. The lowest BCUT2D eigenvalue weighted by molar-refractivity contribution is -0.128. The Morgan fingerprint density at radius 3 is 1.53 bits per heavy atom. The van der Waals surface area contributed by atoms with Crippen molar-refractivity contribution in [1.82, 2.24) is 10.6 Å². The highest BCUT2D eigenvalue weighted by molar-refractivity contribution is 5.83. The Hall–Kier alpha value is -1.30. The highest BCUT2D eigenvalue weighted by Crippen LogP contribution is 2.13. The van der Waals surface area contributed by atoms with E-state index in [1.807, 2.05) is 0 Å². The molecule has 0 aliphatic rings. The molecular weight excluding hydrogens is 484 g/mol. The number of carbonyl (C=O) groups excluding carboxylic acids is 2. The topological polar surface area (TPSA) is 260 Å². The van der Waals surface area contributed by atoms with Crippen LogP contribution in [0.25, 0.3) is 0 Å². The fourth-order valence-electron chi connectivity index (χ4n) is 3.28. The number of ketones is 1. The molecule has 1 amide bonds. The molecule has 14 nitrogen and oxygen atoms in total. The molecule has 14 heteroatoms. The van der Waals surface area contributed by atoms with Crippen LogP contribution in [-0.2, 0) is 9.59 Å². The molecule has 0 aliphatic carbocycles. The predicted octanol–water partition coefficient (Wildman–Crippen LogP) is -5.14. The van der Waals surface area contributed by atoms with Crippen LogP contribution in [0.4, 0.5) is 0 Å². The summed E-state index contributed by atoms with van der Waals surface area (Å²) < 4.78 is 0. The molecule has 0 heterocycles. The molecule has 0 bridgehead atoms. The number of Topliss-reactive ketones (excluding diaryl/α,β-unsaturated/α-hetero) is 1. The number of aliphatic hydroxyl groups is 10. The van der Waals surface area contributed by atoms with Gasteiger partial charge in [0.25, 0.3) is 0 Å². The molecule has 214 valence electrons. The van der Waals surface area contributed by atoms with Crippen LogP contribution in [0.2, 0.25) is 0 Å². The summed E-state index contributed by atoms with van der Waals surface area (Å²) in [6.07, 6.45) is -14.3. The summed E-state index contributed by atoms with van der Waals surface area (Å²) in [4.78, 5) is 25.0. The first-order valence-electron chi connectivity index (χ1n) is 11.8. The Bertz CT molecular complexity index is 647. The second-order valence-electron chi connectivity index (χ2n) is 9.91. The Kier molecular flexibility index (Phi) is 15.9. The van der Waals surface area contributed by atoms with Gasteiger partial charge in [0.2, 0.25) is 5.91 Å². The number of carbonyl (C=O) groups is 2. The highest BCUT2D eigenvalue weighted by Gasteiger charge is 2.32. The molecular formula is C22H44N2O12. The second-order valence-corrected chi connectivity index (χ2v) is 9.91. The van der Waals surface area contributed by atoms with E-state index in [2.05, 4.69) is 10.6 Å². The first-order valence-corrected chi connectivity index (χ1v) is 11.8. The summed E-state index contributed by atoms with van der Waals surface area (Å²) in [6.45, 7) is 3.19. The molecule has 0 aromatic carbocycles. The van der Waals surface area contributed by atoms with E-state index in [4.69, 9.17) is 10.2 Å². The molecule has 0 radical (unpaired) electrons.